The van der Waals surface area contributed by atoms with Gasteiger partial charge in [0.15, 0.2) is 0 Å². The quantitative estimate of drug-likeness (QED) is 0.629. The molecule has 2 rings (SSSR count). The van der Waals surface area contributed by atoms with Crippen molar-refractivity contribution >= 4 is 0 Å². The molecule has 18 heavy (non-hydrogen) atoms. The van der Waals surface area contributed by atoms with Crippen LogP contribution < -0.4 is 5.32 Å². The number of hydrogen-bond acceptors (Lipinski definition) is 4. The second-order valence-electron chi connectivity index (χ2n) is 3.98. The first-order valence-electron chi connectivity index (χ1n) is 5.80. The van der Waals surface area contributed by atoms with Crippen LogP contribution in [0.15, 0.2) is 30.3 Å². The van der Waals surface area contributed by atoms with Crippen LogP contribution in [0.2, 0.25) is 0 Å². The fraction of sp³-hybridized carbons (Fsp3) is 0.308. The Morgan fingerprint density at radius 1 is 1.39 bits per heavy atom. The Labute approximate surface area is 106 Å². The Morgan fingerprint density at radius 3 is 2.89 bits per heavy atom. The lowest BCUT2D eigenvalue weighted by Gasteiger charge is -2.08. The van der Waals surface area contributed by atoms with Gasteiger partial charge < -0.3 is 5.32 Å². The van der Waals surface area contributed by atoms with Crippen LogP contribution in [0.5, 0.6) is 0 Å². The number of aromatic nitrogens is 4. The van der Waals surface area contributed by atoms with Crippen LogP contribution in [0.3, 0.4) is 0 Å². The van der Waals surface area contributed by atoms with E-state index in [0.717, 1.165) is 12.1 Å². The maximum absolute atomic E-state index is 5.17. The van der Waals surface area contributed by atoms with Crippen molar-refractivity contribution in [1.29, 1.82) is 0 Å². The third kappa shape index (κ3) is 2.93. The minimum Gasteiger partial charge on any atom is -0.304 e. The van der Waals surface area contributed by atoms with Crippen molar-refractivity contribution in [3.8, 4) is 23.7 Å². The first-order chi connectivity index (χ1) is 8.81. The SMILES string of the molecule is C#CCNCC(C)n1nnc(-c2ccccc2)n1. The van der Waals surface area contributed by atoms with E-state index in [-0.39, 0.29) is 6.04 Å². The molecule has 2 aromatic rings. The molecule has 0 amide bonds. The summed E-state index contributed by atoms with van der Waals surface area (Å²) >= 11 is 0. The van der Waals surface area contributed by atoms with Crippen LogP contribution in [0.25, 0.3) is 11.4 Å². The molecule has 1 N–H and O–H groups in total. The van der Waals surface area contributed by atoms with Gasteiger partial charge in [-0.2, -0.15) is 4.80 Å². The smallest absolute Gasteiger partial charge is 0.204 e. The minimum absolute atomic E-state index is 0.114. The number of terminal acetylenes is 1. The van der Waals surface area contributed by atoms with E-state index in [0.29, 0.717) is 12.4 Å². The van der Waals surface area contributed by atoms with E-state index in [9.17, 15) is 0 Å². The molecule has 0 spiro atoms. The highest BCUT2D eigenvalue weighted by Crippen LogP contribution is 2.13. The summed E-state index contributed by atoms with van der Waals surface area (Å²) in [6.45, 7) is 3.28. The van der Waals surface area contributed by atoms with Gasteiger partial charge in [0.2, 0.25) is 5.82 Å². The molecule has 0 radical (unpaired) electrons. The number of nitrogens with zero attached hydrogens (tertiary/aromatic N) is 4. The molecule has 92 valence electrons. The predicted molar refractivity (Wildman–Crippen MR) is 69.7 cm³/mol. The average Bonchev–Trinajstić information content (AvgIpc) is 2.89. The Hall–Kier alpha value is -2.19. The zero-order valence-corrected chi connectivity index (χ0v) is 10.2. The summed E-state index contributed by atoms with van der Waals surface area (Å²) in [7, 11) is 0. The molecule has 5 nitrogen and oxygen atoms in total. The van der Waals surface area contributed by atoms with E-state index >= 15 is 0 Å². The molecule has 0 aliphatic rings. The second-order valence-corrected chi connectivity index (χ2v) is 3.98. The van der Waals surface area contributed by atoms with Gasteiger partial charge in [0.25, 0.3) is 0 Å². The van der Waals surface area contributed by atoms with E-state index < -0.39 is 0 Å². The first-order valence-corrected chi connectivity index (χ1v) is 5.80. The Kier molecular flexibility index (Phi) is 4.05. The first kappa shape index (κ1) is 12.3. The van der Waals surface area contributed by atoms with Gasteiger partial charge >= 0.3 is 0 Å². The highest BCUT2D eigenvalue weighted by atomic mass is 15.6. The van der Waals surface area contributed by atoms with Crippen molar-refractivity contribution < 1.29 is 0 Å². The lowest BCUT2D eigenvalue weighted by molar-refractivity contribution is 0.408. The number of benzene rings is 1. The molecule has 0 saturated carbocycles. The van der Waals surface area contributed by atoms with Gasteiger partial charge in [0.05, 0.1) is 12.6 Å². The van der Waals surface area contributed by atoms with E-state index in [1.165, 1.54) is 0 Å². The van der Waals surface area contributed by atoms with Crippen LogP contribution in [-0.4, -0.2) is 33.3 Å². The molecule has 5 heteroatoms. The lowest BCUT2D eigenvalue weighted by Crippen LogP contribution is -2.25. The zero-order valence-electron chi connectivity index (χ0n) is 10.2. The summed E-state index contributed by atoms with van der Waals surface area (Å²) in [6, 6.07) is 9.90. The van der Waals surface area contributed by atoms with Crippen LogP contribution >= 0.6 is 0 Å². The maximum Gasteiger partial charge on any atom is 0.204 e. The molecular formula is C13H15N5. The monoisotopic (exact) mass is 241 g/mol. The standard InChI is InChI=1S/C13H15N5/c1-3-9-14-10-11(2)18-16-13(15-17-18)12-7-5-4-6-8-12/h1,4-8,11,14H,9-10H2,2H3. The van der Waals surface area contributed by atoms with E-state index in [1.54, 1.807) is 4.80 Å². The predicted octanol–water partition coefficient (Wildman–Crippen LogP) is 1.12. The normalized spacial score (nSPS) is 12.0. The van der Waals surface area contributed by atoms with Crippen molar-refractivity contribution in [3.05, 3.63) is 30.3 Å². The van der Waals surface area contributed by atoms with Gasteiger partial charge in [0, 0.05) is 12.1 Å². The molecular weight excluding hydrogens is 226 g/mol. The van der Waals surface area contributed by atoms with E-state index in [2.05, 4.69) is 26.6 Å². The summed E-state index contributed by atoms with van der Waals surface area (Å²) in [5, 5.41) is 15.6. The number of nitrogens with one attached hydrogen (secondary N) is 1. The number of tetrazole rings is 1. The fourth-order valence-electron chi connectivity index (χ4n) is 1.55. The Bertz CT molecular complexity index is 526. The topological polar surface area (TPSA) is 55.6 Å². The number of rotatable bonds is 5. The Morgan fingerprint density at radius 2 is 2.17 bits per heavy atom. The third-order valence-electron chi connectivity index (χ3n) is 2.52. The summed E-state index contributed by atoms with van der Waals surface area (Å²) in [5.74, 6) is 3.17. The molecule has 1 aromatic heterocycles. The Balaban J connectivity index is 2.04. The molecule has 0 saturated heterocycles. The molecule has 1 aromatic carbocycles. The lowest BCUT2D eigenvalue weighted by atomic mass is 10.2. The van der Waals surface area contributed by atoms with Gasteiger partial charge in [0.1, 0.15) is 0 Å². The molecule has 0 aliphatic carbocycles. The minimum atomic E-state index is 0.114. The molecule has 0 fully saturated rings. The maximum atomic E-state index is 5.17. The summed E-state index contributed by atoms with van der Waals surface area (Å²) in [4.78, 5) is 1.60. The molecule has 1 unspecified atom stereocenters. The van der Waals surface area contributed by atoms with Crippen molar-refractivity contribution in [3.63, 3.8) is 0 Å². The van der Waals surface area contributed by atoms with Gasteiger partial charge in [-0.15, -0.1) is 16.6 Å². The average molecular weight is 241 g/mol. The van der Waals surface area contributed by atoms with Crippen molar-refractivity contribution in [2.24, 2.45) is 0 Å². The molecule has 0 aliphatic heterocycles. The summed E-state index contributed by atoms with van der Waals surface area (Å²) in [6.07, 6.45) is 5.17. The highest BCUT2D eigenvalue weighted by molar-refractivity contribution is 5.52. The molecule has 1 heterocycles. The van der Waals surface area contributed by atoms with Gasteiger partial charge in [-0.25, -0.2) is 0 Å². The van der Waals surface area contributed by atoms with Crippen LogP contribution in [0, 0.1) is 12.3 Å². The van der Waals surface area contributed by atoms with Gasteiger partial charge in [-0.3, -0.25) is 0 Å². The molecule has 1 atom stereocenters. The van der Waals surface area contributed by atoms with Crippen LogP contribution in [-0.2, 0) is 0 Å². The van der Waals surface area contributed by atoms with Gasteiger partial charge in [-0.05, 0) is 12.1 Å². The molecule has 0 bridgehead atoms. The number of hydrogen-bond donors (Lipinski definition) is 1. The second kappa shape index (κ2) is 5.94. The third-order valence-corrected chi connectivity index (χ3v) is 2.52. The van der Waals surface area contributed by atoms with Gasteiger partial charge in [-0.1, -0.05) is 36.3 Å². The summed E-state index contributed by atoms with van der Waals surface area (Å²) in [5.41, 5.74) is 0.965. The summed E-state index contributed by atoms with van der Waals surface area (Å²) < 4.78 is 0. The van der Waals surface area contributed by atoms with E-state index in [1.807, 2.05) is 37.3 Å². The largest absolute Gasteiger partial charge is 0.304 e. The van der Waals surface area contributed by atoms with Crippen molar-refractivity contribution in [2.45, 2.75) is 13.0 Å². The van der Waals surface area contributed by atoms with Crippen molar-refractivity contribution in [1.82, 2.24) is 25.5 Å². The van der Waals surface area contributed by atoms with Crippen LogP contribution in [0.1, 0.15) is 13.0 Å². The van der Waals surface area contributed by atoms with Crippen molar-refractivity contribution in [2.75, 3.05) is 13.1 Å². The zero-order chi connectivity index (χ0) is 12.8. The highest BCUT2D eigenvalue weighted by Gasteiger charge is 2.10. The fourth-order valence-corrected chi connectivity index (χ4v) is 1.55. The van der Waals surface area contributed by atoms with E-state index in [4.69, 9.17) is 6.42 Å². The van der Waals surface area contributed by atoms with Crippen LogP contribution in [0.4, 0.5) is 0 Å².